The number of thioether (sulfide) groups is 1. The molecule has 0 aromatic heterocycles. The van der Waals surface area contributed by atoms with E-state index in [-0.39, 0.29) is 12.6 Å². The predicted octanol–water partition coefficient (Wildman–Crippen LogP) is 2.34. The molecule has 2 rings (SSSR count). The van der Waals surface area contributed by atoms with Crippen LogP contribution in [0, 0.1) is 6.92 Å². The third kappa shape index (κ3) is 4.34. The molecule has 0 heterocycles. The van der Waals surface area contributed by atoms with Crippen molar-refractivity contribution in [2.24, 2.45) is 0 Å². The van der Waals surface area contributed by atoms with Gasteiger partial charge >= 0.3 is 0 Å². The fourth-order valence-corrected chi connectivity index (χ4v) is 2.97. The summed E-state index contributed by atoms with van der Waals surface area (Å²) >= 11 is 1.90. The molecule has 1 unspecified atom stereocenters. The van der Waals surface area contributed by atoms with Crippen molar-refractivity contribution in [2.75, 3.05) is 12.4 Å². The van der Waals surface area contributed by atoms with Crippen LogP contribution < -0.4 is 5.32 Å². The second-order valence-corrected chi connectivity index (χ2v) is 5.79. The van der Waals surface area contributed by atoms with E-state index in [1.165, 1.54) is 24.0 Å². The summed E-state index contributed by atoms with van der Waals surface area (Å²) in [7, 11) is 0. The van der Waals surface area contributed by atoms with Crippen molar-refractivity contribution >= 4 is 11.8 Å². The summed E-state index contributed by atoms with van der Waals surface area (Å²) in [4.78, 5) is 0. The molecule has 2 N–H and O–H groups in total. The minimum atomic E-state index is 0.247. The lowest BCUT2D eigenvalue weighted by atomic mass is 10.1. The van der Waals surface area contributed by atoms with Crippen molar-refractivity contribution in [2.45, 2.75) is 37.6 Å². The molecule has 1 aromatic rings. The standard InChI is InChI=1S/C14H21NOS/c1-11-4-2-3-5-12(11)9-17-10-14(8-16)15-13-6-7-13/h2-5,13-16H,6-10H2,1H3. The Kier molecular flexibility index (Phi) is 4.89. The van der Waals surface area contributed by atoms with Gasteiger partial charge in [0, 0.05) is 23.6 Å². The van der Waals surface area contributed by atoms with Crippen LogP contribution in [0.5, 0.6) is 0 Å². The maximum absolute atomic E-state index is 9.28. The fraction of sp³-hybridized carbons (Fsp3) is 0.571. The van der Waals surface area contributed by atoms with E-state index in [2.05, 4.69) is 36.5 Å². The lowest BCUT2D eigenvalue weighted by Gasteiger charge is -2.15. The van der Waals surface area contributed by atoms with Gasteiger partial charge in [0.2, 0.25) is 0 Å². The Balaban J connectivity index is 1.72. The van der Waals surface area contributed by atoms with E-state index in [9.17, 15) is 5.11 Å². The maximum atomic E-state index is 9.28. The zero-order valence-electron chi connectivity index (χ0n) is 10.4. The van der Waals surface area contributed by atoms with Crippen molar-refractivity contribution < 1.29 is 5.11 Å². The van der Waals surface area contributed by atoms with Gasteiger partial charge in [0.1, 0.15) is 0 Å². The molecule has 17 heavy (non-hydrogen) atoms. The first kappa shape index (κ1) is 12.9. The third-order valence-electron chi connectivity index (χ3n) is 3.11. The summed E-state index contributed by atoms with van der Waals surface area (Å²) in [6.07, 6.45) is 2.55. The van der Waals surface area contributed by atoms with E-state index in [4.69, 9.17) is 0 Å². The number of aliphatic hydroxyl groups is 1. The third-order valence-corrected chi connectivity index (χ3v) is 4.26. The summed E-state index contributed by atoms with van der Waals surface area (Å²) < 4.78 is 0. The normalized spacial score (nSPS) is 17.1. The SMILES string of the molecule is Cc1ccccc1CSCC(CO)NC1CC1. The minimum Gasteiger partial charge on any atom is -0.395 e. The number of rotatable bonds is 7. The van der Waals surface area contributed by atoms with Gasteiger partial charge in [-0.15, -0.1) is 0 Å². The lowest BCUT2D eigenvalue weighted by Crippen LogP contribution is -2.36. The van der Waals surface area contributed by atoms with Crippen LogP contribution in [0.15, 0.2) is 24.3 Å². The van der Waals surface area contributed by atoms with Crippen molar-refractivity contribution in [3.63, 3.8) is 0 Å². The number of aliphatic hydroxyl groups excluding tert-OH is 1. The van der Waals surface area contributed by atoms with E-state index >= 15 is 0 Å². The van der Waals surface area contributed by atoms with Crippen LogP contribution in [0.2, 0.25) is 0 Å². The van der Waals surface area contributed by atoms with Crippen LogP contribution in [0.1, 0.15) is 24.0 Å². The molecule has 2 nitrogen and oxygen atoms in total. The van der Waals surface area contributed by atoms with Crippen LogP contribution in [-0.2, 0) is 5.75 Å². The Morgan fingerprint density at radius 3 is 2.82 bits per heavy atom. The van der Waals surface area contributed by atoms with Gasteiger partial charge in [-0.25, -0.2) is 0 Å². The van der Waals surface area contributed by atoms with E-state index in [0.717, 1.165) is 11.5 Å². The second kappa shape index (κ2) is 6.43. The average Bonchev–Trinajstić information content (AvgIpc) is 3.14. The highest BCUT2D eigenvalue weighted by Crippen LogP contribution is 2.21. The van der Waals surface area contributed by atoms with Gasteiger partial charge in [-0.1, -0.05) is 24.3 Å². The summed E-state index contributed by atoms with van der Waals surface area (Å²) in [5.41, 5.74) is 2.76. The van der Waals surface area contributed by atoms with Crippen molar-refractivity contribution in [1.82, 2.24) is 5.32 Å². The minimum absolute atomic E-state index is 0.247. The van der Waals surface area contributed by atoms with Gasteiger partial charge in [0.25, 0.3) is 0 Å². The van der Waals surface area contributed by atoms with Crippen LogP contribution in [0.3, 0.4) is 0 Å². The van der Waals surface area contributed by atoms with E-state index in [0.29, 0.717) is 6.04 Å². The van der Waals surface area contributed by atoms with E-state index < -0.39 is 0 Å². The molecule has 3 heteroatoms. The Labute approximate surface area is 108 Å². The Morgan fingerprint density at radius 1 is 1.41 bits per heavy atom. The molecule has 1 aliphatic carbocycles. The molecule has 1 saturated carbocycles. The van der Waals surface area contributed by atoms with Crippen LogP contribution in [-0.4, -0.2) is 29.5 Å². The van der Waals surface area contributed by atoms with E-state index in [1.54, 1.807) is 0 Å². The fourth-order valence-electron chi connectivity index (χ4n) is 1.82. The summed E-state index contributed by atoms with van der Waals surface area (Å²) in [5.74, 6) is 2.02. The molecule has 0 amide bonds. The zero-order valence-corrected chi connectivity index (χ0v) is 11.2. The highest BCUT2D eigenvalue weighted by Gasteiger charge is 2.23. The average molecular weight is 251 g/mol. The molecule has 1 aliphatic rings. The molecule has 0 radical (unpaired) electrons. The highest BCUT2D eigenvalue weighted by molar-refractivity contribution is 7.98. The first-order valence-electron chi connectivity index (χ1n) is 6.28. The Hall–Kier alpha value is -0.510. The molecule has 1 fully saturated rings. The molecule has 1 atom stereocenters. The van der Waals surface area contributed by atoms with Crippen LogP contribution >= 0.6 is 11.8 Å². The Morgan fingerprint density at radius 2 is 2.18 bits per heavy atom. The van der Waals surface area contributed by atoms with Crippen LogP contribution in [0.25, 0.3) is 0 Å². The van der Waals surface area contributed by atoms with Crippen LogP contribution in [0.4, 0.5) is 0 Å². The largest absolute Gasteiger partial charge is 0.395 e. The molecule has 94 valence electrons. The monoisotopic (exact) mass is 251 g/mol. The Bertz CT molecular complexity index is 352. The zero-order chi connectivity index (χ0) is 12.1. The highest BCUT2D eigenvalue weighted by atomic mass is 32.2. The maximum Gasteiger partial charge on any atom is 0.0592 e. The van der Waals surface area contributed by atoms with Gasteiger partial charge in [0.05, 0.1) is 6.61 Å². The summed E-state index contributed by atoms with van der Waals surface area (Å²) in [6.45, 7) is 2.40. The van der Waals surface area contributed by atoms with Gasteiger partial charge in [-0.3, -0.25) is 0 Å². The first-order valence-corrected chi connectivity index (χ1v) is 7.44. The first-order chi connectivity index (χ1) is 8.29. The molecule has 0 aliphatic heterocycles. The predicted molar refractivity (Wildman–Crippen MR) is 74.4 cm³/mol. The van der Waals surface area contributed by atoms with Crippen molar-refractivity contribution in [1.29, 1.82) is 0 Å². The second-order valence-electron chi connectivity index (χ2n) is 4.76. The molecular formula is C14H21NOS. The number of aryl methyl sites for hydroxylation is 1. The van der Waals surface area contributed by atoms with Crippen molar-refractivity contribution in [3.8, 4) is 0 Å². The number of hydrogen-bond donors (Lipinski definition) is 2. The van der Waals surface area contributed by atoms with Gasteiger partial charge in [-0.05, 0) is 30.9 Å². The molecular weight excluding hydrogens is 230 g/mol. The lowest BCUT2D eigenvalue weighted by molar-refractivity contribution is 0.253. The summed E-state index contributed by atoms with van der Waals surface area (Å²) in [5, 5.41) is 12.7. The van der Waals surface area contributed by atoms with Crippen molar-refractivity contribution in [3.05, 3.63) is 35.4 Å². The molecule has 0 saturated heterocycles. The number of benzene rings is 1. The summed E-state index contributed by atoms with van der Waals surface area (Å²) in [6, 6.07) is 9.44. The van der Waals surface area contributed by atoms with E-state index in [1.807, 2.05) is 11.8 Å². The van der Waals surface area contributed by atoms with Gasteiger partial charge < -0.3 is 10.4 Å². The van der Waals surface area contributed by atoms with Gasteiger partial charge in [0.15, 0.2) is 0 Å². The topological polar surface area (TPSA) is 32.3 Å². The van der Waals surface area contributed by atoms with Gasteiger partial charge in [-0.2, -0.15) is 11.8 Å². The quantitative estimate of drug-likeness (QED) is 0.780. The number of hydrogen-bond acceptors (Lipinski definition) is 3. The molecule has 1 aromatic carbocycles. The number of nitrogens with one attached hydrogen (secondary N) is 1. The molecule has 0 spiro atoms. The molecule has 0 bridgehead atoms. The smallest absolute Gasteiger partial charge is 0.0592 e.